The van der Waals surface area contributed by atoms with Crippen molar-refractivity contribution in [3.8, 4) is 5.75 Å². The quantitative estimate of drug-likeness (QED) is 0.659. The van der Waals surface area contributed by atoms with Gasteiger partial charge in [-0.2, -0.15) is 0 Å². The molecule has 0 radical (unpaired) electrons. The molecule has 6 nitrogen and oxygen atoms in total. The number of benzene rings is 1. The highest BCUT2D eigenvalue weighted by molar-refractivity contribution is 5.89. The fourth-order valence-electron chi connectivity index (χ4n) is 3.47. The summed E-state index contributed by atoms with van der Waals surface area (Å²) in [5.41, 5.74) is -0.900. The van der Waals surface area contributed by atoms with Crippen LogP contribution >= 0.6 is 0 Å². The second-order valence-corrected chi connectivity index (χ2v) is 7.35. The summed E-state index contributed by atoms with van der Waals surface area (Å²) in [6.45, 7) is 8.42. The molecule has 1 amide bonds. The summed E-state index contributed by atoms with van der Waals surface area (Å²) in [5, 5.41) is 12.5. The molecule has 26 heavy (non-hydrogen) atoms. The smallest absolute Gasteiger partial charge is 0.330 e. The minimum atomic E-state index is -1.28. The van der Waals surface area contributed by atoms with E-state index in [2.05, 4.69) is 5.32 Å². The Labute approximate surface area is 154 Å². The highest BCUT2D eigenvalue weighted by Crippen LogP contribution is 2.51. The summed E-state index contributed by atoms with van der Waals surface area (Å²) in [7, 11) is 0. The van der Waals surface area contributed by atoms with Crippen molar-refractivity contribution in [3.63, 3.8) is 0 Å². The SMILES string of the molecule is CCOC1CC(NC(=O)CCCOc2ccccc2C)(C(=O)O)C1(C)C. The number of hydrogen-bond acceptors (Lipinski definition) is 4. The van der Waals surface area contributed by atoms with Crippen LogP contribution in [0.2, 0.25) is 0 Å². The predicted octanol–water partition coefficient (Wildman–Crippen LogP) is 2.93. The Morgan fingerprint density at radius 3 is 2.58 bits per heavy atom. The van der Waals surface area contributed by atoms with E-state index in [1.165, 1.54) is 0 Å². The number of rotatable bonds is 9. The lowest BCUT2D eigenvalue weighted by Crippen LogP contribution is -2.76. The molecule has 0 saturated heterocycles. The summed E-state index contributed by atoms with van der Waals surface area (Å²) >= 11 is 0. The number of aliphatic carboxylic acids is 1. The Bertz CT molecular complexity index is 657. The first-order valence-electron chi connectivity index (χ1n) is 9.09. The predicted molar refractivity (Wildman–Crippen MR) is 98.2 cm³/mol. The van der Waals surface area contributed by atoms with E-state index in [-0.39, 0.29) is 24.9 Å². The van der Waals surface area contributed by atoms with Crippen LogP contribution in [0.4, 0.5) is 0 Å². The topological polar surface area (TPSA) is 84.9 Å². The van der Waals surface area contributed by atoms with Gasteiger partial charge in [0.05, 0.1) is 12.7 Å². The average Bonchev–Trinajstić information content (AvgIpc) is 2.58. The zero-order valence-corrected chi connectivity index (χ0v) is 16.0. The molecule has 0 spiro atoms. The molecule has 1 aromatic rings. The van der Waals surface area contributed by atoms with Crippen LogP contribution in [0.5, 0.6) is 5.75 Å². The van der Waals surface area contributed by atoms with Gasteiger partial charge in [-0.05, 0) is 31.9 Å². The van der Waals surface area contributed by atoms with Gasteiger partial charge >= 0.3 is 5.97 Å². The van der Waals surface area contributed by atoms with Gasteiger partial charge in [-0.25, -0.2) is 4.79 Å². The van der Waals surface area contributed by atoms with Crippen molar-refractivity contribution in [1.29, 1.82) is 0 Å². The number of carboxylic acid groups (broad SMARTS) is 1. The molecule has 1 aromatic carbocycles. The molecular weight excluding hydrogens is 334 g/mol. The van der Waals surface area contributed by atoms with Crippen molar-refractivity contribution in [2.45, 2.75) is 58.6 Å². The zero-order chi connectivity index (χ0) is 19.4. The van der Waals surface area contributed by atoms with Crippen LogP contribution in [-0.4, -0.2) is 41.8 Å². The van der Waals surface area contributed by atoms with Crippen molar-refractivity contribution in [1.82, 2.24) is 5.32 Å². The van der Waals surface area contributed by atoms with E-state index in [9.17, 15) is 14.7 Å². The normalized spacial score (nSPS) is 23.8. The molecule has 0 bridgehead atoms. The summed E-state index contributed by atoms with van der Waals surface area (Å²) in [5.74, 6) is -0.485. The Balaban J connectivity index is 1.86. The van der Waals surface area contributed by atoms with Crippen LogP contribution in [-0.2, 0) is 14.3 Å². The Morgan fingerprint density at radius 2 is 2.00 bits per heavy atom. The first-order valence-corrected chi connectivity index (χ1v) is 9.09. The van der Waals surface area contributed by atoms with E-state index < -0.39 is 16.9 Å². The van der Waals surface area contributed by atoms with Gasteiger partial charge in [0.1, 0.15) is 11.3 Å². The van der Waals surface area contributed by atoms with Gasteiger partial charge in [0.25, 0.3) is 0 Å². The Morgan fingerprint density at radius 1 is 1.31 bits per heavy atom. The molecule has 2 N–H and O–H groups in total. The maximum absolute atomic E-state index is 12.3. The number of carboxylic acids is 1. The fraction of sp³-hybridized carbons (Fsp3) is 0.600. The summed E-state index contributed by atoms with van der Waals surface area (Å²) < 4.78 is 11.3. The van der Waals surface area contributed by atoms with Crippen molar-refractivity contribution < 1.29 is 24.2 Å². The third-order valence-electron chi connectivity index (χ3n) is 5.38. The number of ether oxygens (including phenoxy) is 2. The Hall–Kier alpha value is -2.08. The van der Waals surface area contributed by atoms with E-state index in [1.807, 2.05) is 52.0 Å². The Kier molecular flexibility index (Phi) is 6.29. The van der Waals surface area contributed by atoms with Crippen LogP contribution in [0.25, 0.3) is 0 Å². The molecule has 1 aliphatic carbocycles. The summed E-state index contributed by atoms with van der Waals surface area (Å²) in [6, 6.07) is 7.70. The lowest BCUT2D eigenvalue weighted by Gasteiger charge is -2.58. The van der Waals surface area contributed by atoms with Crippen LogP contribution < -0.4 is 10.1 Å². The maximum atomic E-state index is 12.3. The van der Waals surface area contributed by atoms with Crippen molar-refractivity contribution >= 4 is 11.9 Å². The molecule has 0 aromatic heterocycles. The number of hydrogen-bond donors (Lipinski definition) is 2. The lowest BCUT2D eigenvalue weighted by atomic mass is 9.54. The largest absolute Gasteiger partial charge is 0.493 e. The maximum Gasteiger partial charge on any atom is 0.330 e. The molecule has 144 valence electrons. The third-order valence-corrected chi connectivity index (χ3v) is 5.38. The van der Waals surface area contributed by atoms with Crippen molar-refractivity contribution in [2.75, 3.05) is 13.2 Å². The van der Waals surface area contributed by atoms with Gasteiger partial charge in [-0.3, -0.25) is 4.79 Å². The monoisotopic (exact) mass is 363 g/mol. The molecule has 2 rings (SSSR count). The minimum absolute atomic E-state index is 0.173. The third kappa shape index (κ3) is 3.85. The zero-order valence-electron chi connectivity index (χ0n) is 16.0. The van der Waals surface area contributed by atoms with Gasteiger partial charge in [0, 0.05) is 24.9 Å². The number of carbonyl (C=O) groups excluding carboxylic acids is 1. The van der Waals surface area contributed by atoms with Crippen LogP contribution in [0.1, 0.15) is 45.6 Å². The van der Waals surface area contributed by atoms with Crippen LogP contribution in [0, 0.1) is 12.3 Å². The van der Waals surface area contributed by atoms with Crippen LogP contribution in [0.3, 0.4) is 0 Å². The first-order chi connectivity index (χ1) is 12.2. The van der Waals surface area contributed by atoms with Gasteiger partial charge in [0.2, 0.25) is 5.91 Å². The molecule has 1 fully saturated rings. The van der Waals surface area contributed by atoms with Crippen molar-refractivity contribution in [2.24, 2.45) is 5.41 Å². The molecular formula is C20H29NO5. The number of aryl methyl sites for hydroxylation is 1. The summed E-state index contributed by atoms with van der Waals surface area (Å²) in [4.78, 5) is 24.2. The molecule has 6 heteroatoms. The van der Waals surface area contributed by atoms with Gasteiger partial charge in [-0.15, -0.1) is 0 Å². The van der Waals surface area contributed by atoms with Crippen LogP contribution in [0.15, 0.2) is 24.3 Å². The number of amides is 1. The molecule has 0 heterocycles. The number of carbonyl (C=O) groups is 2. The molecule has 1 aliphatic rings. The van der Waals surface area contributed by atoms with Gasteiger partial charge in [-0.1, -0.05) is 32.0 Å². The fourth-order valence-corrected chi connectivity index (χ4v) is 3.47. The molecule has 0 aliphatic heterocycles. The standard InChI is InChI=1S/C20H29NO5/c1-5-25-16-13-20(18(23)24,19(16,3)4)21-17(22)11-8-12-26-15-10-7-6-9-14(15)2/h6-7,9-10,16H,5,8,11-13H2,1-4H3,(H,21,22)(H,23,24). The van der Waals surface area contributed by atoms with E-state index in [0.29, 0.717) is 19.6 Å². The summed E-state index contributed by atoms with van der Waals surface area (Å²) in [6.07, 6.45) is 0.851. The molecule has 1 saturated carbocycles. The van der Waals surface area contributed by atoms with E-state index >= 15 is 0 Å². The average molecular weight is 363 g/mol. The van der Waals surface area contributed by atoms with E-state index in [1.54, 1.807) is 0 Å². The lowest BCUT2D eigenvalue weighted by molar-refractivity contribution is -0.194. The highest BCUT2D eigenvalue weighted by Gasteiger charge is 2.66. The highest BCUT2D eigenvalue weighted by atomic mass is 16.5. The minimum Gasteiger partial charge on any atom is -0.493 e. The first kappa shape index (κ1) is 20.2. The molecule has 2 unspecified atom stereocenters. The van der Waals surface area contributed by atoms with Gasteiger partial charge in [0.15, 0.2) is 0 Å². The second kappa shape index (κ2) is 8.08. The van der Waals surface area contributed by atoms with Crippen molar-refractivity contribution in [3.05, 3.63) is 29.8 Å². The van der Waals surface area contributed by atoms with E-state index in [4.69, 9.17) is 9.47 Å². The number of para-hydroxylation sites is 1. The molecule has 2 atom stereocenters. The second-order valence-electron chi connectivity index (χ2n) is 7.35. The van der Waals surface area contributed by atoms with Gasteiger partial charge < -0.3 is 19.9 Å². The number of nitrogens with one attached hydrogen (secondary N) is 1. The van der Waals surface area contributed by atoms with E-state index in [0.717, 1.165) is 11.3 Å².